The molecule has 0 radical (unpaired) electrons. The summed E-state index contributed by atoms with van der Waals surface area (Å²) in [7, 11) is 1.91. The largest absolute Gasteiger partial charge is 0.341 e. The number of hydrogen-bond acceptors (Lipinski definition) is 2. The third-order valence-electron chi connectivity index (χ3n) is 4.50. The van der Waals surface area contributed by atoms with Gasteiger partial charge in [0.2, 0.25) is 5.91 Å². The first-order chi connectivity index (χ1) is 9.58. The molecule has 20 heavy (non-hydrogen) atoms. The second kappa shape index (κ2) is 6.89. The third kappa shape index (κ3) is 3.83. The monoisotopic (exact) mass is 274 g/mol. The number of nitrogens with two attached hydrogens (primary N) is 1. The maximum absolute atomic E-state index is 12.4. The fourth-order valence-corrected chi connectivity index (χ4v) is 3.03. The van der Waals surface area contributed by atoms with Crippen LogP contribution in [0.25, 0.3) is 0 Å². The van der Waals surface area contributed by atoms with Gasteiger partial charge in [0.1, 0.15) is 0 Å². The van der Waals surface area contributed by atoms with Gasteiger partial charge < -0.3 is 10.6 Å². The normalized spacial score (nSPS) is 24.1. The lowest BCUT2D eigenvalue weighted by molar-refractivity contribution is -0.134. The van der Waals surface area contributed by atoms with Crippen molar-refractivity contribution in [2.75, 3.05) is 7.05 Å². The zero-order valence-electron chi connectivity index (χ0n) is 12.6. The lowest BCUT2D eigenvalue weighted by Gasteiger charge is -2.35. The Bertz CT molecular complexity index is 424. The van der Waals surface area contributed by atoms with Gasteiger partial charge in [0, 0.05) is 13.1 Å². The van der Waals surface area contributed by atoms with Gasteiger partial charge in [0.25, 0.3) is 0 Å². The minimum Gasteiger partial charge on any atom is -0.341 e. The van der Waals surface area contributed by atoms with E-state index >= 15 is 0 Å². The van der Waals surface area contributed by atoms with Gasteiger partial charge in [-0.05, 0) is 43.6 Å². The Kier molecular flexibility index (Phi) is 5.18. The van der Waals surface area contributed by atoms with Crippen molar-refractivity contribution in [3.8, 4) is 0 Å². The molecule has 1 saturated carbocycles. The van der Waals surface area contributed by atoms with Gasteiger partial charge in [-0.25, -0.2) is 0 Å². The van der Waals surface area contributed by atoms with Gasteiger partial charge in [-0.2, -0.15) is 0 Å². The number of amides is 1. The Morgan fingerprint density at radius 1 is 1.25 bits per heavy atom. The molecule has 1 aliphatic carbocycles. The maximum Gasteiger partial charge on any atom is 0.239 e. The molecule has 2 N–H and O–H groups in total. The van der Waals surface area contributed by atoms with E-state index in [1.807, 2.05) is 42.3 Å². The zero-order chi connectivity index (χ0) is 14.5. The molecular formula is C17H26N2O. The first-order valence-corrected chi connectivity index (χ1v) is 7.64. The van der Waals surface area contributed by atoms with E-state index in [4.69, 9.17) is 5.73 Å². The quantitative estimate of drug-likeness (QED) is 0.917. The van der Waals surface area contributed by atoms with Crippen molar-refractivity contribution in [1.82, 2.24) is 4.90 Å². The van der Waals surface area contributed by atoms with Crippen molar-refractivity contribution in [3.63, 3.8) is 0 Å². The number of likely N-dealkylation sites (N-methyl/N-ethyl adjacent to an activating group) is 1. The third-order valence-corrected chi connectivity index (χ3v) is 4.50. The molecule has 2 rings (SSSR count). The molecule has 0 heterocycles. The second-order valence-electron chi connectivity index (χ2n) is 6.16. The highest BCUT2D eigenvalue weighted by atomic mass is 16.2. The van der Waals surface area contributed by atoms with E-state index in [2.05, 4.69) is 6.92 Å². The number of carbonyl (C=O) groups is 1. The van der Waals surface area contributed by atoms with Crippen molar-refractivity contribution >= 4 is 5.91 Å². The molecular weight excluding hydrogens is 248 g/mol. The van der Waals surface area contributed by atoms with Crippen molar-refractivity contribution in [2.45, 2.75) is 51.1 Å². The van der Waals surface area contributed by atoms with E-state index in [-0.39, 0.29) is 5.91 Å². The van der Waals surface area contributed by atoms with Crippen LogP contribution in [-0.2, 0) is 11.2 Å². The van der Waals surface area contributed by atoms with Crippen LogP contribution in [0.2, 0.25) is 0 Å². The molecule has 0 aliphatic heterocycles. The van der Waals surface area contributed by atoms with Crippen molar-refractivity contribution in [1.29, 1.82) is 0 Å². The number of benzene rings is 1. The van der Waals surface area contributed by atoms with Crippen LogP contribution in [-0.4, -0.2) is 29.9 Å². The molecule has 0 spiro atoms. The Morgan fingerprint density at radius 3 is 2.45 bits per heavy atom. The summed E-state index contributed by atoms with van der Waals surface area (Å²) >= 11 is 0. The predicted molar refractivity (Wildman–Crippen MR) is 82.3 cm³/mol. The Morgan fingerprint density at radius 2 is 1.85 bits per heavy atom. The van der Waals surface area contributed by atoms with E-state index in [9.17, 15) is 4.79 Å². The molecule has 1 atom stereocenters. The number of rotatable bonds is 4. The topological polar surface area (TPSA) is 46.3 Å². The summed E-state index contributed by atoms with van der Waals surface area (Å²) in [6, 6.07) is 9.94. The molecule has 3 nitrogen and oxygen atoms in total. The van der Waals surface area contributed by atoms with Gasteiger partial charge in [-0.3, -0.25) is 4.79 Å². The second-order valence-corrected chi connectivity index (χ2v) is 6.16. The highest BCUT2D eigenvalue weighted by Gasteiger charge is 2.27. The summed E-state index contributed by atoms with van der Waals surface area (Å²) in [5.74, 6) is 0.876. The molecule has 1 unspecified atom stereocenters. The van der Waals surface area contributed by atoms with Crippen molar-refractivity contribution < 1.29 is 4.79 Å². The van der Waals surface area contributed by atoms with Gasteiger partial charge >= 0.3 is 0 Å². The van der Waals surface area contributed by atoms with Crippen LogP contribution < -0.4 is 5.73 Å². The van der Waals surface area contributed by atoms with E-state index in [0.717, 1.165) is 24.3 Å². The smallest absolute Gasteiger partial charge is 0.239 e. The average Bonchev–Trinajstić information content (AvgIpc) is 2.47. The zero-order valence-corrected chi connectivity index (χ0v) is 12.6. The number of hydrogen-bond donors (Lipinski definition) is 1. The van der Waals surface area contributed by atoms with Crippen LogP contribution >= 0.6 is 0 Å². The van der Waals surface area contributed by atoms with Crippen molar-refractivity contribution in [3.05, 3.63) is 35.9 Å². The summed E-state index contributed by atoms with van der Waals surface area (Å²) < 4.78 is 0. The van der Waals surface area contributed by atoms with Crippen LogP contribution in [0.4, 0.5) is 0 Å². The van der Waals surface area contributed by atoms with Gasteiger partial charge in [-0.1, -0.05) is 37.3 Å². The lowest BCUT2D eigenvalue weighted by atomic mass is 9.86. The SMILES string of the molecule is CC1CCC(N(C)C(=O)C(N)Cc2ccccc2)CC1. The molecule has 0 aromatic heterocycles. The first-order valence-electron chi connectivity index (χ1n) is 7.64. The van der Waals surface area contributed by atoms with Gasteiger partial charge in [0.15, 0.2) is 0 Å². The van der Waals surface area contributed by atoms with Crippen LogP contribution in [0.5, 0.6) is 0 Å². The van der Waals surface area contributed by atoms with Crippen LogP contribution in [0.1, 0.15) is 38.2 Å². The van der Waals surface area contributed by atoms with Crippen LogP contribution in [0.3, 0.4) is 0 Å². The van der Waals surface area contributed by atoms with Gasteiger partial charge in [-0.15, -0.1) is 0 Å². The summed E-state index contributed by atoms with van der Waals surface area (Å²) in [6.45, 7) is 2.29. The molecule has 1 aromatic carbocycles. The standard InChI is InChI=1S/C17H26N2O/c1-13-8-10-15(11-9-13)19(2)17(20)16(18)12-14-6-4-3-5-7-14/h3-7,13,15-16H,8-12,18H2,1-2H3. The summed E-state index contributed by atoms with van der Waals surface area (Å²) in [5.41, 5.74) is 7.22. The fraction of sp³-hybridized carbons (Fsp3) is 0.588. The molecule has 3 heteroatoms. The Balaban J connectivity index is 1.89. The van der Waals surface area contributed by atoms with Crippen LogP contribution in [0, 0.1) is 5.92 Å². The molecule has 110 valence electrons. The number of nitrogens with zero attached hydrogens (tertiary/aromatic N) is 1. The molecule has 0 bridgehead atoms. The Labute approximate surface area is 122 Å². The van der Waals surface area contributed by atoms with E-state index in [1.54, 1.807) is 0 Å². The minimum absolute atomic E-state index is 0.0772. The molecule has 1 fully saturated rings. The van der Waals surface area contributed by atoms with E-state index in [0.29, 0.717) is 12.5 Å². The average molecular weight is 274 g/mol. The highest BCUT2D eigenvalue weighted by molar-refractivity contribution is 5.82. The summed E-state index contributed by atoms with van der Waals surface area (Å²) in [4.78, 5) is 14.3. The van der Waals surface area contributed by atoms with Crippen molar-refractivity contribution in [2.24, 2.45) is 11.7 Å². The maximum atomic E-state index is 12.4. The number of carbonyl (C=O) groups excluding carboxylic acids is 1. The van der Waals surface area contributed by atoms with Gasteiger partial charge in [0.05, 0.1) is 6.04 Å². The highest BCUT2D eigenvalue weighted by Crippen LogP contribution is 2.26. The molecule has 1 aliphatic rings. The predicted octanol–water partition coefficient (Wildman–Crippen LogP) is 2.59. The van der Waals surface area contributed by atoms with Crippen LogP contribution in [0.15, 0.2) is 30.3 Å². The molecule has 1 amide bonds. The van der Waals surface area contributed by atoms with E-state index < -0.39 is 6.04 Å². The molecule has 1 aromatic rings. The first kappa shape index (κ1) is 15.0. The van der Waals surface area contributed by atoms with E-state index in [1.165, 1.54) is 12.8 Å². The minimum atomic E-state index is -0.429. The lowest BCUT2D eigenvalue weighted by Crippen LogP contribution is -2.48. The Hall–Kier alpha value is -1.35. The summed E-state index contributed by atoms with van der Waals surface area (Å²) in [6.07, 6.45) is 5.28. The molecule has 0 saturated heterocycles. The fourth-order valence-electron chi connectivity index (χ4n) is 3.03. The summed E-state index contributed by atoms with van der Waals surface area (Å²) in [5, 5.41) is 0.